The number of ether oxygens (including phenoxy) is 6. The highest BCUT2D eigenvalue weighted by atomic mass is 32.2. The van der Waals surface area contributed by atoms with Crippen molar-refractivity contribution in [3.63, 3.8) is 0 Å². The number of nitrogens with one attached hydrogen (secondary N) is 8. The van der Waals surface area contributed by atoms with Crippen LogP contribution in [0.5, 0.6) is 23.0 Å². The number of nitrogens with zero attached hydrogens (tertiary/aromatic N) is 12. The monoisotopic (exact) mass is 1480 g/mol. The van der Waals surface area contributed by atoms with Crippen LogP contribution in [-0.4, -0.2) is 157 Å². The first kappa shape index (κ1) is 70.0. The van der Waals surface area contributed by atoms with Gasteiger partial charge in [-0.05, 0) is 134 Å². The first-order valence-corrected chi connectivity index (χ1v) is 37.2. The normalized spacial score (nSPS) is 16.0. The zero-order valence-electron chi connectivity index (χ0n) is 59.7. The molecule has 2 unspecified atom stereocenters. The zero-order valence-corrected chi connectivity index (χ0v) is 60.5. The highest BCUT2D eigenvalue weighted by Crippen LogP contribution is 2.49. The third-order valence-electron chi connectivity index (χ3n) is 19.3. The van der Waals surface area contributed by atoms with Gasteiger partial charge in [-0.1, -0.05) is 0 Å². The Balaban J connectivity index is 0.000000110. The number of pyridine rings is 4. The number of aromatic amines is 4. The minimum Gasteiger partial charge on any atom is -0.491 e. The Labute approximate surface area is 616 Å². The summed E-state index contributed by atoms with van der Waals surface area (Å²) in [5.74, 6) is 3.09. The Morgan fingerprint density at radius 2 is 0.852 bits per heavy atom. The molecule has 3 fully saturated rings. The van der Waals surface area contributed by atoms with E-state index in [1.807, 2.05) is 159 Å². The maximum absolute atomic E-state index is 13.1. The lowest BCUT2D eigenvalue weighted by Gasteiger charge is -2.22. The van der Waals surface area contributed by atoms with Crippen molar-refractivity contribution in [3.05, 3.63) is 171 Å². The lowest BCUT2D eigenvalue weighted by molar-refractivity contribution is 0.0858. The predicted octanol–water partition coefficient (Wildman–Crippen LogP) is 14.3. The van der Waals surface area contributed by atoms with Gasteiger partial charge in [0.1, 0.15) is 57.3 Å². The fourth-order valence-electron chi connectivity index (χ4n) is 13.4. The van der Waals surface area contributed by atoms with E-state index in [9.17, 15) is 17.2 Å². The van der Waals surface area contributed by atoms with Crippen molar-refractivity contribution >= 4 is 144 Å². The Morgan fingerprint density at radius 1 is 0.491 bits per heavy atom. The highest BCUT2D eigenvalue weighted by Gasteiger charge is 2.57. The summed E-state index contributed by atoms with van der Waals surface area (Å²) in [6.07, 6.45) is 17.7. The van der Waals surface area contributed by atoms with Crippen LogP contribution in [0, 0.1) is 5.92 Å². The molecule has 2 aliphatic heterocycles. The van der Waals surface area contributed by atoms with E-state index in [1.165, 1.54) is 0 Å². The fraction of sp³-hybridized carbons (Fsp3) is 0.273. The molecule has 2 saturated heterocycles. The Bertz CT molecular complexity index is 6020. The summed E-state index contributed by atoms with van der Waals surface area (Å²) in [6, 6.07) is 39.4. The second-order valence-electron chi connectivity index (χ2n) is 27.0. The minimum atomic E-state index is -2.90. The summed E-state index contributed by atoms with van der Waals surface area (Å²) in [7, 11) is 6.70. The molecule has 28 nitrogen and oxygen atoms in total. The predicted molar refractivity (Wildman–Crippen MR) is 413 cm³/mol. The maximum Gasteiger partial charge on any atom is 0.255 e. The average molecular weight is 1480 g/mol. The second kappa shape index (κ2) is 29.9. The second-order valence-corrected chi connectivity index (χ2v) is 29.3. The molecule has 2 atom stereocenters. The number of alkyl halides is 2. The Morgan fingerprint density at radius 3 is 1.21 bits per heavy atom. The molecule has 31 heteroatoms. The number of aryl methyl sites for hydroxylation is 4. The number of methoxy groups -OCH3 is 1. The zero-order chi connectivity index (χ0) is 74.0. The molecule has 12 aromatic heterocycles. The number of benzene rings is 4. The van der Waals surface area contributed by atoms with Gasteiger partial charge in [0.25, 0.3) is 5.92 Å². The van der Waals surface area contributed by atoms with Crippen LogP contribution < -0.4 is 40.2 Å². The van der Waals surface area contributed by atoms with E-state index < -0.39 is 21.7 Å². The first-order chi connectivity index (χ1) is 52.5. The van der Waals surface area contributed by atoms with E-state index in [2.05, 4.69) is 115 Å². The van der Waals surface area contributed by atoms with Gasteiger partial charge in [0.05, 0.1) is 88.0 Å². The van der Waals surface area contributed by atoms with Crippen LogP contribution in [0.2, 0.25) is 0 Å². The molecule has 0 bridgehead atoms. The summed E-state index contributed by atoms with van der Waals surface area (Å²) < 4.78 is 91.7. The van der Waals surface area contributed by atoms with E-state index >= 15 is 0 Å². The van der Waals surface area contributed by atoms with Gasteiger partial charge >= 0.3 is 0 Å². The molecule has 108 heavy (non-hydrogen) atoms. The van der Waals surface area contributed by atoms with E-state index in [4.69, 9.17) is 28.4 Å². The van der Waals surface area contributed by atoms with Crippen LogP contribution in [0.4, 0.5) is 54.8 Å². The summed E-state index contributed by atoms with van der Waals surface area (Å²) >= 11 is 0. The average Bonchev–Trinajstić information content (AvgIpc) is 1.62. The molecule has 16 aromatic rings. The largest absolute Gasteiger partial charge is 0.491 e. The third kappa shape index (κ3) is 15.1. The van der Waals surface area contributed by atoms with Gasteiger partial charge in [-0.15, -0.1) is 0 Å². The smallest absolute Gasteiger partial charge is 0.255 e. The number of H-pyrrole nitrogens is 4. The fourth-order valence-corrected chi connectivity index (χ4v) is 14.9. The number of halogens is 2. The lowest BCUT2D eigenvalue weighted by atomic mass is 10.2. The molecule has 1 saturated carbocycles. The van der Waals surface area contributed by atoms with Gasteiger partial charge in [-0.25, -0.2) is 17.2 Å². The van der Waals surface area contributed by atoms with Gasteiger partial charge in [0, 0.05) is 155 Å². The van der Waals surface area contributed by atoms with Crippen LogP contribution in [-0.2, 0) is 47.5 Å². The van der Waals surface area contributed by atoms with Gasteiger partial charge in [-0.3, -0.25) is 40.3 Å². The summed E-state index contributed by atoms with van der Waals surface area (Å²) in [5, 5.41) is 46.4. The molecule has 19 rings (SSSR count). The summed E-state index contributed by atoms with van der Waals surface area (Å²) in [5.41, 5.74) is 14.5. The SMILES string of the molecule is COCCCOc1cn(C)c2cc(Nc3n[nH]c4cccnc34)ccc12.Cn1cc(OC2CCOC2)c2ccc(Nc3n[nH]c4cccnc34)cc21.Cn1cc(OC2CCS(=O)(=O)CC2)c2ccc(Nc3n[nH]c4cccnc34)cc21.Cn1cc(OCC2CC2(F)F)c2ccc(Nc3n[nH]c4cccnc34)cc21. The molecule has 0 spiro atoms. The van der Waals surface area contributed by atoms with Crippen LogP contribution in [0.15, 0.2) is 171 Å². The molecule has 1 aliphatic carbocycles. The molecule has 4 aromatic carbocycles. The maximum atomic E-state index is 13.1. The van der Waals surface area contributed by atoms with Gasteiger partial charge in [-0.2, -0.15) is 20.4 Å². The lowest BCUT2D eigenvalue weighted by Crippen LogP contribution is -2.30. The van der Waals surface area contributed by atoms with Crippen LogP contribution in [0.3, 0.4) is 0 Å². The molecule has 3 aliphatic rings. The number of sulfone groups is 1. The molecule has 8 N–H and O–H groups in total. The Hall–Kier alpha value is -12.4. The Kier molecular flexibility index (Phi) is 19.4. The highest BCUT2D eigenvalue weighted by molar-refractivity contribution is 7.91. The van der Waals surface area contributed by atoms with Gasteiger partial charge < -0.3 is 68.0 Å². The van der Waals surface area contributed by atoms with E-state index in [0.29, 0.717) is 61.7 Å². The molecule has 0 radical (unpaired) electrons. The number of rotatable bonds is 20. The van der Waals surface area contributed by atoms with Crippen LogP contribution in [0.25, 0.3) is 87.7 Å². The summed E-state index contributed by atoms with van der Waals surface area (Å²) in [6.45, 7) is 2.81. The van der Waals surface area contributed by atoms with Crippen molar-refractivity contribution in [2.45, 2.75) is 50.2 Å². The van der Waals surface area contributed by atoms with E-state index in [0.717, 1.165) is 147 Å². The minimum absolute atomic E-state index is 0.0387. The van der Waals surface area contributed by atoms with Crippen molar-refractivity contribution in [1.29, 1.82) is 0 Å². The molecular formula is C77H78F2N20O8S. The van der Waals surface area contributed by atoms with E-state index in [1.54, 1.807) is 31.9 Å². The molecule has 554 valence electrons. The number of aromatic nitrogens is 16. The van der Waals surface area contributed by atoms with Crippen molar-refractivity contribution in [1.82, 2.24) is 79.0 Å². The third-order valence-corrected chi connectivity index (χ3v) is 21.0. The quantitative estimate of drug-likeness (QED) is 0.0329. The van der Waals surface area contributed by atoms with Crippen LogP contribution >= 0.6 is 0 Å². The van der Waals surface area contributed by atoms with Crippen molar-refractivity contribution < 1.29 is 45.6 Å². The van der Waals surface area contributed by atoms with Gasteiger partial charge in [0.2, 0.25) is 0 Å². The molecular weight excluding hydrogens is 1400 g/mol. The number of hydrogen-bond donors (Lipinski definition) is 8. The number of hydrogen-bond acceptors (Lipinski definition) is 20. The van der Waals surface area contributed by atoms with Crippen LogP contribution in [0.1, 0.15) is 32.1 Å². The first-order valence-electron chi connectivity index (χ1n) is 35.4. The van der Waals surface area contributed by atoms with Crippen molar-refractivity contribution in [2.24, 2.45) is 34.1 Å². The number of fused-ring (bicyclic) bond motifs is 8. The van der Waals surface area contributed by atoms with Gasteiger partial charge in [0.15, 0.2) is 33.1 Å². The van der Waals surface area contributed by atoms with Crippen molar-refractivity contribution in [2.75, 3.05) is 72.9 Å². The molecule has 0 amide bonds. The van der Waals surface area contributed by atoms with Crippen molar-refractivity contribution in [3.8, 4) is 23.0 Å². The summed E-state index contributed by atoms with van der Waals surface area (Å²) in [4.78, 5) is 17.5. The number of anilines is 8. The standard InChI is InChI=1S/C20H21N5O3S.C19H17F2N5O.C19H19N5O2.C19H21N5O2/c1-25-12-18(28-14-6-9-29(26,27)10-7-14)15-5-4-13(11-17(15)25)22-20-19-16(23-24-20)3-2-8-21-19;1-26-9-16(27-10-11-8-19(11,20)21)13-5-4-12(7-15(13)26)23-18-17-14(24-25-18)3-2-6-22-17;1-24-10-17(26-13-6-8-25-11-13)14-5-4-12(9-16(14)24)21-19-18-15(22-23-19)3-2-7-20-18;1-24-12-17(26-10-4-9-25-2)14-7-6-13(11-16(14)24)21-19-18-15(22-23-19)5-3-8-20-18/h2-5,8,11-12,14H,6-7,9-10H2,1H3,(H2,22,23,24);2-7,9,11H,8,10H2,1H3,(H2,23,24,25);2-5,7,9-10,13H,6,8,11H2,1H3,(H2,21,22,23);3,5-8,11-12H,4,9-10H2,1-2H3,(H2,21,22,23). The topological polar surface area (TPSA) is 324 Å². The van der Waals surface area contributed by atoms with E-state index in [-0.39, 0.29) is 36.7 Å². The molecule has 14 heterocycles.